The molecule has 0 aliphatic carbocycles. The fourth-order valence-electron chi connectivity index (χ4n) is 2.65. The summed E-state index contributed by atoms with van der Waals surface area (Å²) in [4.78, 5) is 23.1. The van der Waals surface area contributed by atoms with Gasteiger partial charge in [-0.3, -0.25) is 4.98 Å². The van der Waals surface area contributed by atoms with Gasteiger partial charge in [-0.05, 0) is 37.2 Å². The number of hydrogen-bond acceptors (Lipinski definition) is 4. The van der Waals surface area contributed by atoms with Crippen molar-refractivity contribution >= 4 is 20.8 Å². The van der Waals surface area contributed by atoms with Crippen molar-refractivity contribution in [3.63, 3.8) is 0 Å². The van der Waals surface area contributed by atoms with Crippen LogP contribution in [0.15, 0.2) is 47.3 Å². The SMILES string of the molecule is CNCc1ccc(Cl)c(-c2nc(-c3ccc(C(C)(F)P)cc3)nc(=O)[nH]2)c1. The molecule has 1 aromatic heterocycles. The first-order valence-corrected chi connectivity index (χ1v) is 9.24. The smallest absolute Gasteiger partial charge is 0.316 e. The minimum absolute atomic E-state index is 0.250. The standard InChI is InChI=1S/C19H19ClFN4OP/c1-19(21,27)13-6-4-12(5-7-13)16-23-17(25-18(26)24-16)14-9-11(10-22-2)3-8-15(14)20/h3-9,22H,10,27H2,1-2H3,(H,23,24,25,26). The van der Waals surface area contributed by atoms with E-state index in [1.807, 2.05) is 19.2 Å². The molecule has 0 fully saturated rings. The summed E-state index contributed by atoms with van der Waals surface area (Å²) >= 11 is 6.31. The molecule has 8 heteroatoms. The predicted molar refractivity (Wildman–Crippen MR) is 109 cm³/mol. The van der Waals surface area contributed by atoms with Crippen LogP contribution in [0.2, 0.25) is 5.02 Å². The molecule has 140 valence electrons. The molecule has 0 aliphatic heterocycles. The highest BCUT2D eigenvalue weighted by atomic mass is 35.5. The number of alkyl halides is 1. The molecular weight excluding hydrogens is 386 g/mol. The van der Waals surface area contributed by atoms with E-state index in [0.29, 0.717) is 34.1 Å². The summed E-state index contributed by atoms with van der Waals surface area (Å²) < 4.78 is 14.0. The monoisotopic (exact) mass is 404 g/mol. The van der Waals surface area contributed by atoms with Crippen LogP contribution in [0.1, 0.15) is 18.1 Å². The fourth-order valence-corrected chi connectivity index (χ4v) is 3.05. The molecule has 0 radical (unpaired) electrons. The lowest BCUT2D eigenvalue weighted by Gasteiger charge is -2.14. The molecule has 5 nitrogen and oxygen atoms in total. The zero-order valence-corrected chi connectivity index (χ0v) is 16.8. The molecule has 2 atom stereocenters. The lowest BCUT2D eigenvalue weighted by molar-refractivity contribution is 0.324. The van der Waals surface area contributed by atoms with Gasteiger partial charge in [-0.2, -0.15) is 4.98 Å². The Balaban J connectivity index is 2.05. The van der Waals surface area contributed by atoms with E-state index < -0.39 is 11.1 Å². The molecule has 27 heavy (non-hydrogen) atoms. The Morgan fingerprint density at radius 1 is 1.22 bits per heavy atom. The van der Waals surface area contributed by atoms with Crippen LogP contribution >= 0.6 is 20.8 Å². The second kappa shape index (κ2) is 7.85. The van der Waals surface area contributed by atoms with Gasteiger partial charge in [0.1, 0.15) is 11.2 Å². The zero-order valence-electron chi connectivity index (χ0n) is 14.9. The van der Waals surface area contributed by atoms with E-state index >= 15 is 0 Å². The third-order valence-electron chi connectivity index (χ3n) is 4.02. The number of hydrogen-bond donors (Lipinski definition) is 2. The number of rotatable bonds is 5. The van der Waals surface area contributed by atoms with Crippen molar-refractivity contribution < 1.29 is 4.39 Å². The average Bonchev–Trinajstić information content (AvgIpc) is 2.62. The number of halogens is 2. The van der Waals surface area contributed by atoms with Crippen molar-refractivity contribution in [3.05, 3.63) is 69.1 Å². The van der Waals surface area contributed by atoms with Crippen molar-refractivity contribution in [3.8, 4) is 22.8 Å². The molecule has 1 heterocycles. The van der Waals surface area contributed by atoms with Crippen LogP contribution in [0.25, 0.3) is 22.8 Å². The molecule has 3 aromatic rings. The minimum atomic E-state index is -1.53. The first-order valence-electron chi connectivity index (χ1n) is 8.28. The molecular formula is C19H19ClFN4OP. The number of nitrogens with zero attached hydrogens (tertiary/aromatic N) is 2. The Hall–Kier alpha value is -2.14. The summed E-state index contributed by atoms with van der Waals surface area (Å²) in [6.45, 7) is 2.11. The Bertz CT molecular complexity index is 1020. The molecule has 2 unspecified atom stereocenters. The quantitative estimate of drug-likeness (QED) is 0.633. The Kier molecular flexibility index (Phi) is 5.70. The Morgan fingerprint density at radius 2 is 1.93 bits per heavy atom. The van der Waals surface area contributed by atoms with Crippen LogP contribution in [0.3, 0.4) is 0 Å². The highest BCUT2D eigenvalue weighted by Gasteiger charge is 2.19. The normalized spacial score (nSPS) is 13.4. The van der Waals surface area contributed by atoms with Gasteiger partial charge in [-0.1, -0.05) is 51.2 Å². The maximum atomic E-state index is 14.0. The van der Waals surface area contributed by atoms with Gasteiger partial charge in [0.2, 0.25) is 0 Å². The van der Waals surface area contributed by atoms with E-state index in [0.717, 1.165) is 5.56 Å². The Labute approximate surface area is 163 Å². The van der Waals surface area contributed by atoms with Crippen molar-refractivity contribution in [2.75, 3.05) is 7.05 Å². The fraction of sp³-hybridized carbons (Fsp3) is 0.211. The van der Waals surface area contributed by atoms with Gasteiger partial charge in [0.25, 0.3) is 0 Å². The summed E-state index contributed by atoms with van der Waals surface area (Å²) in [6, 6.07) is 12.2. The summed E-state index contributed by atoms with van der Waals surface area (Å²) in [5.41, 5.74) is 2.20. The third kappa shape index (κ3) is 4.59. The van der Waals surface area contributed by atoms with E-state index in [9.17, 15) is 9.18 Å². The average molecular weight is 405 g/mol. The van der Waals surface area contributed by atoms with E-state index in [1.165, 1.54) is 6.92 Å². The van der Waals surface area contributed by atoms with Crippen LogP contribution in [0.5, 0.6) is 0 Å². The van der Waals surface area contributed by atoms with E-state index in [4.69, 9.17) is 11.6 Å². The summed E-state index contributed by atoms with van der Waals surface area (Å²) in [7, 11) is 4.00. The van der Waals surface area contributed by atoms with E-state index in [1.54, 1.807) is 30.3 Å². The van der Waals surface area contributed by atoms with Gasteiger partial charge in [-0.15, -0.1) is 0 Å². The first-order chi connectivity index (χ1) is 12.8. The number of H-pyrrole nitrogens is 1. The van der Waals surface area contributed by atoms with Gasteiger partial charge < -0.3 is 5.32 Å². The third-order valence-corrected chi connectivity index (χ3v) is 4.69. The molecule has 2 aromatic carbocycles. The van der Waals surface area contributed by atoms with E-state index in [2.05, 4.69) is 29.5 Å². The van der Waals surface area contributed by atoms with Crippen LogP contribution in [-0.2, 0) is 12.0 Å². The van der Waals surface area contributed by atoms with Crippen molar-refractivity contribution in [2.24, 2.45) is 0 Å². The highest BCUT2D eigenvalue weighted by Crippen LogP contribution is 2.33. The summed E-state index contributed by atoms with van der Waals surface area (Å²) in [6.07, 6.45) is 0. The van der Waals surface area contributed by atoms with Gasteiger partial charge in [0.15, 0.2) is 5.82 Å². The second-order valence-electron chi connectivity index (χ2n) is 6.32. The lowest BCUT2D eigenvalue weighted by Crippen LogP contribution is -2.15. The Morgan fingerprint density at radius 3 is 2.56 bits per heavy atom. The van der Waals surface area contributed by atoms with Crippen LogP contribution in [0.4, 0.5) is 4.39 Å². The number of aromatic nitrogens is 3. The maximum Gasteiger partial charge on any atom is 0.348 e. The molecule has 0 saturated heterocycles. The van der Waals surface area contributed by atoms with Gasteiger partial charge in [-0.25, -0.2) is 14.2 Å². The molecule has 0 amide bonds. The van der Waals surface area contributed by atoms with Crippen molar-refractivity contribution in [1.82, 2.24) is 20.3 Å². The van der Waals surface area contributed by atoms with Crippen LogP contribution < -0.4 is 11.0 Å². The van der Waals surface area contributed by atoms with Crippen molar-refractivity contribution in [1.29, 1.82) is 0 Å². The molecule has 0 aliphatic rings. The number of aromatic amines is 1. The first kappa shape index (κ1) is 19.6. The summed E-state index contributed by atoms with van der Waals surface area (Å²) in [5.74, 6) is 0.582. The minimum Gasteiger partial charge on any atom is -0.316 e. The molecule has 0 spiro atoms. The lowest BCUT2D eigenvalue weighted by atomic mass is 10.1. The maximum absolute atomic E-state index is 14.0. The zero-order chi connectivity index (χ0) is 19.6. The van der Waals surface area contributed by atoms with Gasteiger partial charge in [0, 0.05) is 17.7 Å². The van der Waals surface area contributed by atoms with Crippen molar-refractivity contribution in [2.45, 2.75) is 18.9 Å². The molecule has 0 bridgehead atoms. The van der Waals surface area contributed by atoms with Crippen LogP contribution in [0, 0.1) is 0 Å². The van der Waals surface area contributed by atoms with Gasteiger partial charge in [0.05, 0.1) is 5.02 Å². The second-order valence-corrected chi connectivity index (χ2v) is 7.81. The van der Waals surface area contributed by atoms with E-state index in [-0.39, 0.29) is 5.82 Å². The summed E-state index contributed by atoms with van der Waals surface area (Å²) in [5, 5.41) is 2.01. The molecule has 2 N–H and O–H groups in total. The van der Waals surface area contributed by atoms with Gasteiger partial charge >= 0.3 is 5.69 Å². The predicted octanol–water partition coefficient (Wildman–Crippen LogP) is 3.89. The van der Waals surface area contributed by atoms with Crippen LogP contribution in [-0.4, -0.2) is 22.0 Å². The number of nitrogens with one attached hydrogen (secondary N) is 2. The highest BCUT2D eigenvalue weighted by molar-refractivity contribution is 7.18. The topological polar surface area (TPSA) is 70.7 Å². The molecule has 3 rings (SSSR count). The largest absolute Gasteiger partial charge is 0.348 e. The number of benzene rings is 2. The molecule has 0 saturated carbocycles.